The van der Waals surface area contributed by atoms with Crippen LogP contribution in [0.1, 0.15) is 0 Å². The summed E-state index contributed by atoms with van der Waals surface area (Å²) < 4.78 is 11.5. The molecule has 2 atom stereocenters. The Hall–Kier alpha value is -3.02. The van der Waals surface area contributed by atoms with Crippen LogP contribution in [0.15, 0.2) is 91.0 Å². The maximum atomic E-state index is 10.6. The third-order valence-corrected chi connectivity index (χ3v) is 4.52. The Labute approximate surface area is 171 Å². The van der Waals surface area contributed by atoms with Crippen LogP contribution in [-0.4, -0.2) is 48.7 Å². The molecule has 0 radical (unpaired) electrons. The first-order chi connectivity index (χ1) is 14.3. The summed E-state index contributed by atoms with van der Waals surface area (Å²) in [5, 5.41) is 20.6. The van der Waals surface area contributed by atoms with Crippen molar-refractivity contribution in [3.8, 4) is 11.5 Å². The van der Waals surface area contributed by atoms with Crippen molar-refractivity contribution in [2.24, 2.45) is 0 Å². The predicted molar refractivity (Wildman–Crippen MR) is 115 cm³/mol. The van der Waals surface area contributed by atoms with E-state index in [1.807, 2.05) is 95.9 Å². The van der Waals surface area contributed by atoms with E-state index >= 15 is 0 Å². The molecule has 0 aliphatic heterocycles. The van der Waals surface area contributed by atoms with Gasteiger partial charge in [0.05, 0.1) is 12.6 Å². The number of nitrogens with zero attached hydrogens (tertiary/aromatic N) is 1. The fourth-order valence-corrected chi connectivity index (χ4v) is 3.02. The molecule has 3 rings (SSSR count). The molecular weight excluding hydrogens is 366 g/mol. The number of anilines is 1. The summed E-state index contributed by atoms with van der Waals surface area (Å²) >= 11 is 0. The first-order valence-electron chi connectivity index (χ1n) is 9.72. The molecule has 0 saturated carbocycles. The Morgan fingerprint density at radius 2 is 1.17 bits per heavy atom. The van der Waals surface area contributed by atoms with Crippen molar-refractivity contribution in [1.82, 2.24) is 0 Å². The molecule has 0 aliphatic carbocycles. The third kappa shape index (κ3) is 6.52. The van der Waals surface area contributed by atoms with Crippen molar-refractivity contribution < 1.29 is 19.7 Å². The first-order valence-corrected chi connectivity index (χ1v) is 9.72. The second-order valence-corrected chi connectivity index (χ2v) is 6.73. The zero-order valence-electron chi connectivity index (χ0n) is 16.3. The lowest BCUT2D eigenvalue weighted by molar-refractivity contribution is 0.105. The van der Waals surface area contributed by atoms with E-state index in [9.17, 15) is 10.2 Å². The quantitative estimate of drug-likeness (QED) is 0.523. The number of para-hydroxylation sites is 3. The molecule has 2 N–H and O–H groups in total. The van der Waals surface area contributed by atoms with E-state index in [4.69, 9.17) is 9.47 Å². The third-order valence-electron chi connectivity index (χ3n) is 4.52. The molecule has 5 nitrogen and oxygen atoms in total. The van der Waals surface area contributed by atoms with E-state index in [-0.39, 0.29) is 19.3 Å². The van der Waals surface area contributed by atoms with E-state index in [1.165, 1.54) is 0 Å². The Kier molecular flexibility index (Phi) is 7.92. The van der Waals surface area contributed by atoms with Crippen LogP contribution in [-0.2, 0) is 0 Å². The van der Waals surface area contributed by atoms with Gasteiger partial charge in [-0.1, -0.05) is 54.6 Å². The van der Waals surface area contributed by atoms with Gasteiger partial charge in [0.15, 0.2) is 0 Å². The average Bonchev–Trinajstić information content (AvgIpc) is 2.79. The van der Waals surface area contributed by atoms with Crippen LogP contribution >= 0.6 is 0 Å². The van der Waals surface area contributed by atoms with E-state index in [1.54, 1.807) is 0 Å². The van der Waals surface area contributed by atoms with Gasteiger partial charge in [0.25, 0.3) is 0 Å². The molecule has 0 spiro atoms. The summed E-state index contributed by atoms with van der Waals surface area (Å²) in [5.74, 6) is 1.45. The summed E-state index contributed by atoms with van der Waals surface area (Å²) in [4.78, 5) is 1.96. The SMILES string of the molecule is OCC(COc1ccccc1)N(CC(O)COc1ccccc1)c1ccccc1. The van der Waals surface area contributed by atoms with Crippen molar-refractivity contribution in [1.29, 1.82) is 0 Å². The van der Waals surface area contributed by atoms with Crippen LogP contribution in [0.4, 0.5) is 5.69 Å². The zero-order valence-corrected chi connectivity index (χ0v) is 16.3. The van der Waals surface area contributed by atoms with Crippen molar-refractivity contribution in [3.63, 3.8) is 0 Å². The Morgan fingerprint density at radius 3 is 1.69 bits per heavy atom. The number of benzene rings is 3. The normalized spacial score (nSPS) is 12.8. The topological polar surface area (TPSA) is 62.2 Å². The lowest BCUT2D eigenvalue weighted by Gasteiger charge is -2.34. The molecule has 0 amide bonds. The van der Waals surface area contributed by atoms with Gasteiger partial charge in [-0.05, 0) is 36.4 Å². The van der Waals surface area contributed by atoms with Crippen LogP contribution in [0, 0.1) is 0 Å². The van der Waals surface area contributed by atoms with Gasteiger partial charge in [-0.2, -0.15) is 0 Å². The minimum Gasteiger partial charge on any atom is -0.491 e. The molecule has 0 aliphatic rings. The minimum atomic E-state index is -0.735. The molecule has 2 unspecified atom stereocenters. The highest BCUT2D eigenvalue weighted by Crippen LogP contribution is 2.19. The summed E-state index contributed by atoms with van der Waals surface area (Å²) in [7, 11) is 0. The number of hydrogen-bond donors (Lipinski definition) is 2. The van der Waals surface area contributed by atoms with Crippen LogP contribution in [0.3, 0.4) is 0 Å². The second kappa shape index (κ2) is 11.1. The summed E-state index contributed by atoms with van der Waals surface area (Å²) in [5.41, 5.74) is 0.905. The molecule has 3 aromatic rings. The minimum absolute atomic E-state index is 0.103. The van der Waals surface area contributed by atoms with Crippen LogP contribution in [0.5, 0.6) is 11.5 Å². The number of aliphatic hydroxyl groups excluding tert-OH is 2. The molecule has 152 valence electrons. The molecule has 29 heavy (non-hydrogen) atoms. The Morgan fingerprint density at radius 1 is 0.690 bits per heavy atom. The van der Waals surface area contributed by atoms with Gasteiger partial charge in [0.1, 0.15) is 30.8 Å². The molecule has 5 heteroatoms. The maximum Gasteiger partial charge on any atom is 0.119 e. The molecular formula is C24H27NO4. The fraction of sp³-hybridized carbons (Fsp3) is 0.250. The van der Waals surface area contributed by atoms with Gasteiger partial charge in [0.2, 0.25) is 0 Å². The van der Waals surface area contributed by atoms with Gasteiger partial charge < -0.3 is 24.6 Å². The lowest BCUT2D eigenvalue weighted by atomic mass is 10.2. The lowest BCUT2D eigenvalue weighted by Crippen LogP contribution is -2.47. The first kappa shape index (κ1) is 20.7. The molecule has 0 bridgehead atoms. The Bertz CT molecular complexity index is 814. The van der Waals surface area contributed by atoms with Crippen LogP contribution in [0.25, 0.3) is 0 Å². The zero-order chi connectivity index (χ0) is 20.3. The van der Waals surface area contributed by atoms with Crippen LogP contribution in [0.2, 0.25) is 0 Å². The number of aliphatic hydroxyl groups is 2. The smallest absolute Gasteiger partial charge is 0.119 e. The summed E-state index contributed by atoms with van der Waals surface area (Å²) in [6.07, 6.45) is -0.735. The number of ether oxygens (including phenoxy) is 2. The number of hydrogen-bond acceptors (Lipinski definition) is 5. The predicted octanol–water partition coefficient (Wildman–Crippen LogP) is 3.37. The van der Waals surface area contributed by atoms with E-state index in [2.05, 4.69) is 0 Å². The molecule has 0 fully saturated rings. The fourth-order valence-electron chi connectivity index (χ4n) is 3.02. The summed E-state index contributed by atoms with van der Waals surface area (Å²) in [6.45, 7) is 0.654. The molecule has 3 aromatic carbocycles. The molecule has 0 heterocycles. The van der Waals surface area contributed by atoms with Gasteiger partial charge in [-0.15, -0.1) is 0 Å². The van der Waals surface area contributed by atoms with Crippen molar-refractivity contribution >= 4 is 5.69 Å². The standard InChI is InChI=1S/C24H27NO4/c26-17-21(18-28-23-12-6-2-7-13-23)25(20-10-4-1-5-11-20)16-22(27)19-29-24-14-8-3-9-15-24/h1-15,21-22,26-27H,16-19H2. The van der Waals surface area contributed by atoms with Crippen molar-refractivity contribution in [3.05, 3.63) is 91.0 Å². The molecule has 0 saturated heterocycles. The van der Waals surface area contributed by atoms with E-state index in [0.717, 1.165) is 11.4 Å². The van der Waals surface area contributed by atoms with Gasteiger partial charge in [-0.25, -0.2) is 0 Å². The van der Waals surface area contributed by atoms with E-state index in [0.29, 0.717) is 18.9 Å². The van der Waals surface area contributed by atoms with Gasteiger partial charge in [-0.3, -0.25) is 0 Å². The maximum absolute atomic E-state index is 10.6. The highest BCUT2D eigenvalue weighted by molar-refractivity contribution is 5.47. The van der Waals surface area contributed by atoms with Gasteiger partial charge >= 0.3 is 0 Å². The average molecular weight is 393 g/mol. The monoisotopic (exact) mass is 393 g/mol. The van der Waals surface area contributed by atoms with E-state index < -0.39 is 6.10 Å². The number of rotatable bonds is 11. The highest BCUT2D eigenvalue weighted by atomic mass is 16.5. The van der Waals surface area contributed by atoms with Crippen LogP contribution < -0.4 is 14.4 Å². The van der Waals surface area contributed by atoms with Crippen molar-refractivity contribution in [2.75, 3.05) is 31.3 Å². The summed E-state index contributed by atoms with van der Waals surface area (Å²) in [6, 6.07) is 28.3. The molecule has 0 aromatic heterocycles. The Balaban J connectivity index is 1.66. The van der Waals surface area contributed by atoms with Gasteiger partial charge in [0, 0.05) is 12.2 Å². The second-order valence-electron chi connectivity index (χ2n) is 6.73. The highest BCUT2D eigenvalue weighted by Gasteiger charge is 2.22. The van der Waals surface area contributed by atoms with Crippen molar-refractivity contribution in [2.45, 2.75) is 12.1 Å². The largest absolute Gasteiger partial charge is 0.491 e.